The van der Waals surface area contributed by atoms with Crippen molar-refractivity contribution in [2.45, 2.75) is 24.2 Å². The third-order valence-corrected chi connectivity index (χ3v) is 4.67. The number of aromatic nitrogens is 1. The lowest BCUT2D eigenvalue weighted by Gasteiger charge is -2.50. The highest BCUT2D eigenvalue weighted by Crippen LogP contribution is 2.53. The van der Waals surface area contributed by atoms with Crippen LogP contribution in [0.5, 0.6) is 0 Å². The van der Waals surface area contributed by atoms with E-state index >= 15 is 0 Å². The van der Waals surface area contributed by atoms with Crippen molar-refractivity contribution in [3.63, 3.8) is 0 Å². The molecule has 0 radical (unpaired) electrons. The van der Waals surface area contributed by atoms with Gasteiger partial charge in [-0.1, -0.05) is 29.8 Å². The summed E-state index contributed by atoms with van der Waals surface area (Å²) >= 11 is 5.98. The van der Waals surface area contributed by atoms with Crippen molar-refractivity contribution >= 4 is 36.4 Å². The van der Waals surface area contributed by atoms with E-state index in [1.54, 1.807) is 0 Å². The van der Waals surface area contributed by atoms with Crippen LogP contribution in [0.15, 0.2) is 48.8 Å². The summed E-state index contributed by atoms with van der Waals surface area (Å²) in [6.45, 7) is 0.661. The van der Waals surface area contributed by atoms with Gasteiger partial charge < -0.3 is 5.73 Å². The molecule has 0 bridgehead atoms. The van der Waals surface area contributed by atoms with Crippen molar-refractivity contribution in [1.82, 2.24) is 4.98 Å². The molecule has 114 valence electrons. The zero-order valence-electron chi connectivity index (χ0n) is 11.5. The average Bonchev–Trinajstić information content (AvgIpc) is 2.42. The lowest BCUT2D eigenvalue weighted by atomic mass is 9.55. The Bertz CT molecular complexity index is 555. The van der Waals surface area contributed by atoms with Gasteiger partial charge in [-0.05, 0) is 48.1 Å². The molecule has 2 aromatic rings. The summed E-state index contributed by atoms with van der Waals surface area (Å²) in [6.07, 6.45) is 6.08. The van der Waals surface area contributed by atoms with Gasteiger partial charge in [0.1, 0.15) is 0 Å². The van der Waals surface area contributed by atoms with Gasteiger partial charge in [0.05, 0.1) is 0 Å². The standard InChI is InChI=1S/C16H17ClN2.2ClH/c17-14-5-3-13(4-6-14)16(11-18)8-7-15(16)12-2-1-9-19-10-12;;/h1-6,9-10,15H,7-8,11,18H2;2*1H. The summed E-state index contributed by atoms with van der Waals surface area (Å²) in [7, 11) is 0. The van der Waals surface area contributed by atoms with E-state index in [-0.39, 0.29) is 30.2 Å². The molecule has 1 saturated carbocycles. The lowest BCUT2D eigenvalue weighted by molar-refractivity contribution is 0.198. The molecule has 1 aromatic carbocycles. The molecule has 2 nitrogen and oxygen atoms in total. The van der Waals surface area contributed by atoms with Gasteiger partial charge in [0.25, 0.3) is 0 Å². The number of hydrogen-bond donors (Lipinski definition) is 1. The van der Waals surface area contributed by atoms with Crippen LogP contribution in [-0.4, -0.2) is 11.5 Å². The first-order chi connectivity index (χ1) is 9.26. The second kappa shape index (κ2) is 7.46. The number of hydrogen-bond acceptors (Lipinski definition) is 2. The zero-order chi connectivity index (χ0) is 13.3. The highest BCUT2D eigenvalue weighted by Gasteiger charge is 2.47. The van der Waals surface area contributed by atoms with Crippen LogP contribution in [0.3, 0.4) is 0 Å². The molecular weight excluding hydrogens is 327 g/mol. The van der Waals surface area contributed by atoms with Crippen molar-refractivity contribution in [2.75, 3.05) is 6.54 Å². The predicted molar refractivity (Wildman–Crippen MR) is 92.9 cm³/mol. The summed E-state index contributed by atoms with van der Waals surface area (Å²) in [5.41, 5.74) is 8.74. The number of benzene rings is 1. The van der Waals surface area contributed by atoms with Crippen LogP contribution in [0.2, 0.25) is 5.02 Å². The van der Waals surface area contributed by atoms with Crippen LogP contribution in [0, 0.1) is 0 Å². The molecule has 1 fully saturated rings. The van der Waals surface area contributed by atoms with Crippen molar-refractivity contribution < 1.29 is 0 Å². The lowest BCUT2D eigenvalue weighted by Crippen LogP contribution is -2.48. The summed E-state index contributed by atoms with van der Waals surface area (Å²) in [5, 5.41) is 0.771. The fraction of sp³-hybridized carbons (Fsp3) is 0.312. The highest BCUT2D eigenvalue weighted by atomic mass is 35.5. The molecule has 1 aromatic heterocycles. The van der Waals surface area contributed by atoms with Gasteiger partial charge in [0, 0.05) is 29.4 Å². The number of nitrogens with two attached hydrogens (primary N) is 1. The molecule has 21 heavy (non-hydrogen) atoms. The molecule has 1 aliphatic carbocycles. The predicted octanol–water partition coefficient (Wildman–Crippen LogP) is 4.35. The molecular formula is C16H19Cl3N2. The molecule has 1 aliphatic rings. The van der Waals surface area contributed by atoms with Crippen molar-refractivity contribution in [2.24, 2.45) is 5.73 Å². The maximum Gasteiger partial charge on any atom is 0.0406 e. The van der Waals surface area contributed by atoms with E-state index in [0.717, 1.165) is 11.4 Å². The molecule has 2 atom stereocenters. The van der Waals surface area contributed by atoms with E-state index < -0.39 is 0 Å². The fourth-order valence-corrected chi connectivity index (χ4v) is 3.32. The van der Waals surface area contributed by atoms with Crippen LogP contribution < -0.4 is 5.73 Å². The van der Waals surface area contributed by atoms with E-state index in [2.05, 4.69) is 23.2 Å². The van der Waals surface area contributed by atoms with Crippen molar-refractivity contribution in [3.8, 4) is 0 Å². The molecule has 0 amide bonds. The topological polar surface area (TPSA) is 38.9 Å². The Labute approximate surface area is 142 Å². The van der Waals surface area contributed by atoms with Gasteiger partial charge in [-0.15, -0.1) is 24.8 Å². The Hall–Kier alpha value is -0.800. The van der Waals surface area contributed by atoms with Gasteiger partial charge in [0.15, 0.2) is 0 Å². The summed E-state index contributed by atoms with van der Waals surface area (Å²) in [5.74, 6) is 0.465. The third-order valence-electron chi connectivity index (χ3n) is 4.42. The molecule has 0 aliphatic heterocycles. The second-order valence-corrected chi connectivity index (χ2v) is 5.68. The second-order valence-electron chi connectivity index (χ2n) is 5.24. The number of rotatable bonds is 3. The monoisotopic (exact) mass is 344 g/mol. The number of nitrogens with zero attached hydrogens (tertiary/aromatic N) is 1. The average molecular weight is 346 g/mol. The molecule has 2 unspecified atom stereocenters. The van der Waals surface area contributed by atoms with Gasteiger partial charge in [-0.3, -0.25) is 4.98 Å². The summed E-state index contributed by atoms with van der Waals surface area (Å²) in [4.78, 5) is 4.23. The SMILES string of the molecule is Cl.Cl.NCC1(c2ccc(Cl)cc2)CCC1c1cccnc1. The number of pyridine rings is 1. The molecule has 5 heteroatoms. The maximum atomic E-state index is 6.11. The van der Waals surface area contributed by atoms with Gasteiger partial charge in [0.2, 0.25) is 0 Å². The van der Waals surface area contributed by atoms with Crippen molar-refractivity contribution in [3.05, 3.63) is 64.9 Å². The van der Waals surface area contributed by atoms with Crippen LogP contribution in [0.4, 0.5) is 0 Å². The molecule has 3 rings (SSSR count). The van der Waals surface area contributed by atoms with Crippen LogP contribution >= 0.6 is 36.4 Å². The van der Waals surface area contributed by atoms with Crippen LogP contribution in [0.25, 0.3) is 0 Å². The van der Waals surface area contributed by atoms with E-state index in [9.17, 15) is 0 Å². The minimum Gasteiger partial charge on any atom is -0.330 e. The third kappa shape index (κ3) is 3.19. The van der Waals surface area contributed by atoms with Gasteiger partial charge in [-0.25, -0.2) is 0 Å². The first-order valence-corrected chi connectivity index (χ1v) is 7.00. The Balaban J connectivity index is 0.00000110. The molecule has 0 spiro atoms. The Morgan fingerprint density at radius 1 is 1.19 bits per heavy atom. The summed E-state index contributed by atoms with van der Waals surface area (Å²) in [6, 6.07) is 12.3. The smallest absolute Gasteiger partial charge is 0.0406 e. The zero-order valence-corrected chi connectivity index (χ0v) is 13.9. The fourth-order valence-electron chi connectivity index (χ4n) is 3.19. The minimum absolute atomic E-state index is 0. The Morgan fingerprint density at radius 2 is 1.90 bits per heavy atom. The largest absolute Gasteiger partial charge is 0.330 e. The highest BCUT2D eigenvalue weighted by molar-refractivity contribution is 6.30. The first-order valence-electron chi connectivity index (χ1n) is 6.62. The molecule has 2 N–H and O–H groups in total. The van der Waals surface area contributed by atoms with Crippen molar-refractivity contribution in [1.29, 1.82) is 0 Å². The Kier molecular flexibility index (Phi) is 6.48. The molecule has 1 heterocycles. The van der Waals surface area contributed by atoms with E-state index in [1.807, 2.05) is 30.6 Å². The normalized spacial score (nSPS) is 23.4. The van der Waals surface area contributed by atoms with Gasteiger partial charge >= 0.3 is 0 Å². The van der Waals surface area contributed by atoms with E-state index in [0.29, 0.717) is 12.5 Å². The maximum absolute atomic E-state index is 6.11. The quantitative estimate of drug-likeness (QED) is 0.898. The Morgan fingerprint density at radius 3 is 2.38 bits per heavy atom. The first kappa shape index (κ1) is 18.2. The number of halogens is 3. The van der Waals surface area contributed by atoms with Crippen LogP contribution in [0.1, 0.15) is 29.9 Å². The van der Waals surface area contributed by atoms with E-state index in [4.69, 9.17) is 17.3 Å². The molecule has 0 saturated heterocycles. The minimum atomic E-state index is 0. The van der Waals surface area contributed by atoms with Gasteiger partial charge in [-0.2, -0.15) is 0 Å². The van der Waals surface area contributed by atoms with Crippen LogP contribution in [-0.2, 0) is 5.41 Å². The van der Waals surface area contributed by atoms with E-state index in [1.165, 1.54) is 17.5 Å². The summed E-state index contributed by atoms with van der Waals surface area (Å²) < 4.78 is 0.